The number of carbonyl (C=O) groups excluding carboxylic acids is 2. The van der Waals surface area contributed by atoms with Crippen LogP contribution in [0.1, 0.15) is 17.9 Å². The molecule has 2 amide bonds. The van der Waals surface area contributed by atoms with Gasteiger partial charge in [0.25, 0.3) is 0 Å². The molecule has 3 rings (SSSR count). The van der Waals surface area contributed by atoms with E-state index in [0.717, 1.165) is 11.6 Å². The van der Waals surface area contributed by atoms with Gasteiger partial charge in [-0.3, -0.25) is 10.1 Å². The number of benzene rings is 2. The number of carbonyl (C=O) groups is 2. The Kier molecular flexibility index (Phi) is 4.65. The van der Waals surface area contributed by atoms with Crippen LogP contribution in [0, 0.1) is 17.6 Å². The number of anilines is 2. The highest BCUT2D eigenvalue weighted by Gasteiger charge is 2.44. The van der Waals surface area contributed by atoms with E-state index in [0.29, 0.717) is 12.1 Å². The standard InChI is InChI=1S/C18H16F2N2O3/c1-25-18(24)22-16-8-12(5-6-15(16)20)21-17(23)14-9-13(14)10-3-2-4-11(19)7-10/h2-8,13-14H,9H2,1H3,(H,21,23)(H,22,24). The lowest BCUT2D eigenvalue weighted by atomic mass is 10.1. The van der Waals surface area contributed by atoms with Gasteiger partial charge in [0.1, 0.15) is 11.6 Å². The van der Waals surface area contributed by atoms with Gasteiger partial charge in [-0.25, -0.2) is 13.6 Å². The molecule has 130 valence electrons. The molecule has 0 heterocycles. The Bertz CT molecular complexity index is 826. The molecule has 2 aromatic rings. The maximum Gasteiger partial charge on any atom is 0.411 e. The highest BCUT2D eigenvalue weighted by Crippen LogP contribution is 2.48. The van der Waals surface area contributed by atoms with Crippen molar-refractivity contribution in [3.63, 3.8) is 0 Å². The second-order valence-electron chi connectivity index (χ2n) is 5.80. The van der Waals surface area contributed by atoms with Gasteiger partial charge < -0.3 is 10.1 Å². The third kappa shape index (κ3) is 3.93. The molecule has 1 aliphatic carbocycles. The molecule has 0 aromatic heterocycles. The summed E-state index contributed by atoms with van der Waals surface area (Å²) in [6.07, 6.45) is -0.181. The molecule has 0 saturated heterocycles. The molecular weight excluding hydrogens is 330 g/mol. The molecule has 5 nitrogen and oxygen atoms in total. The van der Waals surface area contributed by atoms with Gasteiger partial charge in [0.05, 0.1) is 12.8 Å². The Morgan fingerprint density at radius 3 is 2.64 bits per heavy atom. The minimum atomic E-state index is -0.810. The summed E-state index contributed by atoms with van der Waals surface area (Å²) in [6, 6.07) is 10.0. The van der Waals surface area contributed by atoms with Crippen molar-refractivity contribution in [3.8, 4) is 0 Å². The second-order valence-corrected chi connectivity index (χ2v) is 5.80. The Morgan fingerprint density at radius 1 is 1.12 bits per heavy atom. The number of hydrogen-bond donors (Lipinski definition) is 2. The molecule has 2 unspecified atom stereocenters. The molecule has 7 heteroatoms. The monoisotopic (exact) mass is 346 g/mol. The van der Waals surface area contributed by atoms with Gasteiger partial charge >= 0.3 is 6.09 Å². The van der Waals surface area contributed by atoms with Crippen LogP contribution in [0.25, 0.3) is 0 Å². The zero-order chi connectivity index (χ0) is 18.0. The molecule has 0 bridgehead atoms. The number of hydrogen-bond acceptors (Lipinski definition) is 3. The minimum absolute atomic E-state index is 0.0242. The molecular formula is C18H16F2N2O3. The van der Waals surface area contributed by atoms with Gasteiger partial charge in [-0.05, 0) is 48.2 Å². The average Bonchev–Trinajstić information content (AvgIpc) is 3.38. The van der Waals surface area contributed by atoms with E-state index in [9.17, 15) is 18.4 Å². The first-order chi connectivity index (χ1) is 12.0. The molecule has 2 aromatic carbocycles. The van der Waals surface area contributed by atoms with E-state index < -0.39 is 11.9 Å². The SMILES string of the molecule is COC(=O)Nc1cc(NC(=O)C2CC2c2cccc(F)c2)ccc1F. The second kappa shape index (κ2) is 6.88. The van der Waals surface area contributed by atoms with Crippen molar-refractivity contribution in [2.75, 3.05) is 17.7 Å². The van der Waals surface area contributed by atoms with Crippen LogP contribution in [0.2, 0.25) is 0 Å². The van der Waals surface area contributed by atoms with Crippen molar-refractivity contribution < 1.29 is 23.1 Å². The number of rotatable bonds is 4. The van der Waals surface area contributed by atoms with Crippen molar-refractivity contribution in [3.05, 3.63) is 59.7 Å². The summed E-state index contributed by atoms with van der Waals surface area (Å²) in [6.45, 7) is 0. The Labute approximate surface area is 143 Å². The Hall–Kier alpha value is -2.96. The van der Waals surface area contributed by atoms with E-state index in [1.165, 1.54) is 31.4 Å². The average molecular weight is 346 g/mol. The normalized spacial score (nSPS) is 18.4. The number of amides is 2. The first-order valence-electron chi connectivity index (χ1n) is 7.69. The Balaban J connectivity index is 1.66. The summed E-state index contributed by atoms with van der Waals surface area (Å²) in [5.74, 6) is -1.49. The number of methoxy groups -OCH3 is 1. The van der Waals surface area contributed by atoms with Gasteiger partial charge in [-0.1, -0.05) is 12.1 Å². The first kappa shape index (κ1) is 16.9. The van der Waals surface area contributed by atoms with Crippen LogP contribution in [-0.2, 0) is 9.53 Å². The van der Waals surface area contributed by atoms with Crippen molar-refractivity contribution in [1.29, 1.82) is 0 Å². The largest absolute Gasteiger partial charge is 0.453 e. The van der Waals surface area contributed by atoms with Crippen LogP contribution in [0.3, 0.4) is 0 Å². The van der Waals surface area contributed by atoms with Crippen molar-refractivity contribution in [2.24, 2.45) is 5.92 Å². The number of ether oxygens (including phenoxy) is 1. The third-order valence-electron chi connectivity index (χ3n) is 4.06. The van der Waals surface area contributed by atoms with Crippen LogP contribution < -0.4 is 10.6 Å². The van der Waals surface area contributed by atoms with E-state index in [1.54, 1.807) is 12.1 Å². The van der Waals surface area contributed by atoms with Gasteiger partial charge in [0.15, 0.2) is 0 Å². The maximum absolute atomic E-state index is 13.7. The van der Waals surface area contributed by atoms with Crippen LogP contribution in [0.4, 0.5) is 25.0 Å². The molecule has 0 aliphatic heterocycles. The number of halogens is 2. The van der Waals surface area contributed by atoms with Crippen LogP contribution in [0.15, 0.2) is 42.5 Å². The molecule has 0 radical (unpaired) electrons. The van der Waals surface area contributed by atoms with Crippen molar-refractivity contribution in [2.45, 2.75) is 12.3 Å². The highest BCUT2D eigenvalue weighted by molar-refractivity contribution is 5.96. The van der Waals surface area contributed by atoms with E-state index in [4.69, 9.17) is 0 Å². The topological polar surface area (TPSA) is 67.4 Å². The summed E-state index contributed by atoms with van der Waals surface area (Å²) in [5, 5.41) is 4.92. The molecule has 25 heavy (non-hydrogen) atoms. The summed E-state index contributed by atoms with van der Waals surface area (Å²) in [5.41, 5.74) is 1.04. The first-order valence-corrected chi connectivity index (χ1v) is 7.69. The molecule has 2 atom stereocenters. The van der Waals surface area contributed by atoms with E-state index >= 15 is 0 Å². The molecule has 1 saturated carbocycles. The van der Waals surface area contributed by atoms with Crippen LogP contribution >= 0.6 is 0 Å². The van der Waals surface area contributed by atoms with Crippen LogP contribution in [0.5, 0.6) is 0 Å². The lowest BCUT2D eigenvalue weighted by Crippen LogP contribution is -2.16. The zero-order valence-corrected chi connectivity index (χ0v) is 13.4. The third-order valence-corrected chi connectivity index (χ3v) is 4.06. The van der Waals surface area contributed by atoms with E-state index in [1.807, 2.05) is 0 Å². The fraction of sp³-hybridized carbons (Fsp3) is 0.222. The number of nitrogens with one attached hydrogen (secondary N) is 2. The predicted octanol–water partition coefficient (Wildman–Crippen LogP) is 3.89. The smallest absolute Gasteiger partial charge is 0.411 e. The lowest BCUT2D eigenvalue weighted by Gasteiger charge is -2.09. The summed E-state index contributed by atoms with van der Waals surface area (Å²) >= 11 is 0. The van der Waals surface area contributed by atoms with Gasteiger partial charge in [-0.2, -0.15) is 0 Å². The van der Waals surface area contributed by atoms with E-state index in [2.05, 4.69) is 15.4 Å². The van der Waals surface area contributed by atoms with Crippen molar-refractivity contribution in [1.82, 2.24) is 0 Å². The molecule has 1 fully saturated rings. The Morgan fingerprint density at radius 2 is 1.92 bits per heavy atom. The summed E-state index contributed by atoms with van der Waals surface area (Å²) in [4.78, 5) is 23.5. The zero-order valence-electron chi connectivity index (χ0n) is 13.4. The predicted molar refractivity (Wildman–Crippen MR) is 88.3 cm³/mol. The highest BCUT2D eigenvalue weighted by atomic mass is 19.1. The molecule has 2 N–H and O–H groups in total. The minimum Gasteiger partial charge on any atom is -0.453 e. The van der Waals surface area contributed by atoms with Gasteiger partial charge in [0.2, 0.25) is 5.91 Å². The molecule has 0 spiro atoms. The van der Waals surface area contributed by atoms with Crippen molar-refractivity contribution >= 4 is 23.4 Å². The maximum atomic E-state index is 13.7. The summed E-state index contributed by atoms with van der Waals surface area (Å²) in [7, 11) is 1.17. The van der Waals surface area contributed by atoms with E-state index in [-0.39, 0.29) is 29.2 Å². The fourth-order valence-electron chi connectivity index (χ4n) is 2.69. The molecule has 1 aliphatic rings. The van der Waals surface area contributed by atoms with Gasteiger partial charge in [0, 0.05) is 11.6 Å². The van der Waals surface area contributed by atoms with Gasteiger partial charge in [-0.15, -0.1) is 0 Å². The van der Waals surface area contributed by atoms with Crippen LogP contribution in [-0.4, -0.2) is 19.1 Å². The summed E-state index contributed by atoms with van der Waals surface area (Å²) < 4.78 is 31.4. The lowest BCUT2D eigenvalue weighted by molar-refractivity contribution is -0.117. The fourth-order valence-corrected chi connectivity index (χ4v) is 2.69. The quantitative estimate of drug-likeness (QED) is 0.883.